The Balaban J connectivity index is 1.83. The van der Waals surface area contributed by atoms with Crippen LogP contribution in [0.25, 0.3) is 10.9 Å². The van der Waals surface area contributed by atoms with Gasteiger partial charge in [0, 0.05) is 18.8 Å². The van der Waals surface area contributed by atoms with E-state index in [0.29, 0.717) is 11.6 Å². The summed E-state index contributed by atoms with van der Waals surface area (Å²) in [6.45, 7) is -0.0928. The number of pyridine rings is 1. The zero-order chi connectivity index (χ0) is 24.6. The van der Waals surface area contributed by atoms with E-state index in [-0.39, 0.29) is 19.0 Å². The fourth-order valence-corrected chi connectivity index (χ4v) is 3.06. The van der Waals surface area contributed by atoms with E-state index in [1.807, 2.05) is 0 Å². The number of rotatable bonds is 5. The highest BCUT2D eigenvalue weighted by Crippen LogP contribution is 2.34. The van der Waals surface area contributed by atoms with Crippen molar-refractivity contribution < 1.29 is 36.1 Å². The lowest BCUT2D eigenvalue weighted by Crippen LogP contribution is -2.30. The maximum atomic E-state index is 13.1. The van der Waals surface area contributed by atoms with Gasteiger partial charge in [-0.2, -0.15) is 26.3 Å². The molecule has 0 radical (unpaired) electrons. The van der Waals surface area contributed by atoms with Crippen molar-refractivity contribution in [2.24, 2.45) is 0 Å². The quantitative estimate of drug-likeness (QED) is 0.325. The summed E-state index contributed by atoms with van der Waals surface area (Å²) in [6, 6.07) is 4.88. The number of halogens is 6. The third-order valence-corrected chi connectivity index (χ3v) is 4.72. The Kier molecular flexibility index (Phi) is 6.16. The number of non-ortho nitro benzene ring substituents is 1. The van der Waals surface area contributed by atoms with Gasteiger partial charge in [0.05, 0.1) is 21.4 Å². The van der Waals surface area contributed by atoms with Gasteiger partial charge in [-0.15, -0.1) is 0 Å². The molecule has 1 heterocycles. The predicted molar refractivity (Wildman–Crippen MR) is 104 cm³/mol. The molecule has 1 amide bonds. The second-order valence-corrected chi connectivity index (χ2v) is 6.90. The number of amides is 1. The number of alkyl halides is 6. The molecular formula is C20H13F6N3O4. The summed E-state index contributed by atoms with van der Waals surface area (Å²) in [4.78, 5) is 37.3. The van der Waals surface area contributed by atoms with Crippen molar-refractivity contribution in [1.29, 1.82) is 0 Å². The van der Waals surface area contributed by atoms with Crippen molar-refractivity contribution in [1.82, 2.24) is 10.3 Å². The van der Waals surface area contributed by atoms with Crippen molar-refractivity contribution in [2.45, 2.75) is 18.8 Å². The van der Waals surface area contributed by atoms with Crippen LogP contribution in [-0.2, 0) is 18.8 Å². The zero-order valence-corrected chi connectivity index (χ0v) is 16.3. The molecule has 0 saturated heterocycles. The summed E-state index contributed by atoms with van der Waals surface area (Å²) in [7, 11) is 0. The first-order valence-electron chi connectivity index (χ1n) is 9.14. The van der Waals surface area contributed by atoms with E-state index < -0.39 is 61.9 Å². The third kappa shape index (κ3) is 5.13. The Morgan fingerprint density at radius 3 is 2.15 bits per heavy atom. The van der Waals surface area contributed by atoms with E-state index >= 15 is 0 Å². The number of nitro groups is 1. The van der Waals surface area contributed by atoms with E-state index in [2.05, 4.69) is 10.3 Å². The standard InChI is InChI=1S/C20H13F6N3O4/c21-19(22,23)11-3-1-10(2-4-11)5-6-27-18(31)14-9-28-16-13(17(14)30)7-12(20(24,25)26)8-15(16)29(32)33/h1-4,7-9H,5-6H2,(H,27,31)(H,28,30). The molecule has 3 aromatic rings. The Morgan fingerprint density at radius 2 is 1.61 bits per heavy atom. The van der Waals surface area contributed by atoms with Gasteiger partial charge in [-0.25, -0.2) is 0 Å². The van der Waals surface area contributed by atoms with Crippen LogP contribution in [0, 0.1) is 10.1 Å². The minimum absolute atomic E-state index is 0.0928. The fraction of sp³-hybridized carbons (Fsp3) is 0.200. The number of carbonyl (C=O) groups excluding carboxylic acids is 1. The average molecular weight is 473 g/mol. The highest BCUT2D eigenvalue weighted by atomic mass is 19.4. The lowest BCUT2D eigenvalue weighted by Gasteiger charge is -2.10. The normalized spacial score (nSPS) is 12.1. The molecule has 13 heteroatoms. The van der Waals surface area contributed by atoms with E-state index in [0.717, 1.165) is 18.3 Å². The van der Waals surface area contributed by atoms with Crippen molar-refractivity contribution in [3.8, 4) is 0 Å². The molecule has 0 aliphatic heterocycles. The lowest BCUT2D eigenvalue weighted by atomic mass is 10.1. The molecule has 0 atom stereocenters. The Morgan fingerprint density at radius 1 is 1.00 bits per heavy atom. The molecule has 0 bridgehead atoms. The summed E-state index contributed by atoms with van der Waals surface area (Å²) in [5, 5.41) is 12.8. The number of benzene rings is 2. The van der Waals surface area contributed by atoms with Gasteiger partial charge in [0.15, 0.2) is 0 Å². The molecule has 2 aromatic carbocycles. The SMILES string of the molecule is O=C(NCCc1ccc(C(F)(F)F)cc1)c1c[nH]c2c([N+](=O)[O-])cc(C(F)(F)F)cc2c1=O. The summed E-state index contributed by atoms with van der Waals surface area (Å²) in [6.07, 6.45) is -8.51. The summed E-state index contributed by atoms with van der Waals surface area (Å²) >= 11 is 0. The van der Waals surface area contributed by atoms with Gasteiger partial charge < -0.3 is 10.3 Å². The minimum Gasteiger partial charge on any atom is -0.355 e. The number of nitro benzene ring substituents is 1. The van der Waals surface area contributed by atoms with Crippen molar-refractivity contribution in [3.63, 3.8) is 0 Å². The fourth-order valence-electron chi connectivity index (χ4n) is 3.06. The second kappa shape index (κ2) is 8.56. The monoisotopic (exact) mass is 473 g/mol. The van der Waals surface area contributed by atoms with Crippen LogP contribution in [0.4, 0.5) is 32.0 Å². The number of H-pyrrole nitrogens is 1. The molecule has 33 heavy (non-hydrogen) atoms. The number of hydrogen-bond acceptors (Lipinski definition) is 4. The van der Waals surface area contributed by atoms with Gasteiger partial charge in [-0.1, -0.05) is 12.1 Å². The highest BCUT2D eigenvalue weighted by molar-refractivity contribution is 5.98. The smallest absolute Gasteiger partial charge is 0.355 e. The van der Waals surface area contributed by atoms with Crippen LogP contribution < -0.4 is 10.7 Å². The molecule has 0 aliphatic rings. The van der Waals surface area contributed by atoms with Crippen molar-refractivity contribution in [2.75, 3.05) is 6.54 Å². The first kappa shape index (κ1) is 23.8. The molecule has 0 saturated carbocycles. The van der Waals surface area contributed by atoms with Gasteiger partial charge in [0.25, 0.3) is 11.6 Å². The number of nitrogens with zero attached hydrogens (tertiary/aromatic N) is 1. The number of carbonyl (C=O) groups is 1. The van der Waals surface area contributed by atoms with Gasteiger partial charge in [-0.05, 0) is 30.2 Å². The van der Waals surface area contributed by atoms with Crippen LogP contribution in [0.5, 0.6) is 0 Å². The Hall–Kier alpha value is -3.90. The molecule has 2 N–H and O–H groups in total. The van der Waals surface area contributed by atoms with Crippen LogP contribution >= 0.6 is 0 Å². The van der Waals surface area contributed by atoms with Crippen LogP contribution in [0.2, 0.25) is 0 Å². The van der Waals surface area contributed by atoms with Gasteiger partial charge in [0.2, 0.25) is 5.43 Å². The topological polar surface area (TPSA) is 105 Å². The minimum atomic E-state index is -4.97. The first-order chi connectivity index (χ1) is 15.3. The molecule has 0 spiro atoms. The van der Waals surface area contributed by atoms with Crippen LogP contribution in [0.1, 0.15) is 27.0 Å². The van der Waals surface area contributed by atoms with Crippen molar-refractivity contribution >= 4 is 22.5 Å². The van der Waals surface area contributed by atoms with E-state index in [1.54, 1.807) is 0 Å². The second-order valence-electron chi connectivity index (χ2n) is 6.90. The molecule has 0 unspecified atom stereocenters. The molecule has 174 valence electrons. The zero-order valence-electron chi connectivity index (χ0n) is 16.3. The maximum Gasteiger partial charge on any atom is 0.416 e. The molecular weight excluding hydrogens is 460 g/mol. The maximum absolute atomic E-state index is 13.1. The van der Waals surface area contributed by atoms with E-state index in [1.165, 1.54) is 12.1 Å². The lowest BCUT2D eigenvalue weighted by molar-refractivity contribution is -0.383. The summed E-state index contributed by atoms with van der Waals surface area (Å²) in [5.41, 5.74) is -4.99. The predicted octanol–water partition coefficient (Wildman–Crippen LogP) is 4.45. The number of fused-ring (bicyclic) bond motifs is 1. The van der Waals surface area contributed by atoms with Gasteiger partial charge in [-0.3, -0.25) is 19.7 Å². The van der Waals surface area contributed by atoms with Gasteiger partial charge in [0.1, 0.15) is 11.1 Å². The average Bonchev–Trinajstić information content (AvgIpc) is 2.72. The van der Waals surface area contributed by atoms with Crippen LogP contribution in [-0.4, -0.2) is 22.4 Å². The molecule has 0 fully saturated rings. The number of aromatic nitrogens is 1. The number of hydrogen-bond donors (Lipinski definition) is 2. The molecule has 7 nitrogen and oxygen atoms in total. The van der Waals surface area contributed by atoms with E-state index in [9.17, 15) is 46.0 Å². The summed E-state index contributed by atoms with van der Waals surface area (Å²) in [5.74, 6) is -0.967. The third-order valence-electron chi connectivity index (χ3n) is 4.72. The molecule has 0 aliphatic carbocycles. The first-order valence-corrected chi connectivity index (χ1v) is 9.14. The molecule has 3 rings (SSSR count). The highest BCUT2D eigenvalue weighted by Gasteiger charge is 2.34. The summed E-state index contributed by atoms with van der Waals surface area (Å²) < 4.78 is 77.0. The van der Waals surface area contributed by atoms with Crippen LogP contribution in [0.3, 0.4) is 0 Å². The number of nitrogens with one attached hydrogen (secondary N) is 2. The Bertz CT molecular complexity index is 1280. The van der Waals surface area contributed by atoms with Crippen LogP contribution in [0.15, 0.2) is 47.4 Å². The van der Waals surface area contributed by atoms with Crippen molar-refractivity contribution in [3.05, 3.63) is 85.2 Å². The number of aromatic amines is 1. The Labute approximate surface area is 180 Å². The largest absolute Gasteiger partial charge is 0.416 e. The molecule has 1 aromatic heterocycles. The van der Waals surface area contributed by atoms with E-state index in [4.69, 9.17) is 0 Å². The van der Waals surface area contributed by atoms with Gasteiger partial charge >= 0.3 is 12.4 Å².